The molecule has 2 N–H and O–H groups in total. The first kappa shape index (κ1) is 19.7. The van der Waals surface area contributed by atoms with Crippen molar-refractivity contribution in [2.75, 3.05) is 25.6 Å². The number of methoxy groups -OCH3 is 1. The van der Waals surface area contributed by atoms with Crippen molar-refractivity contribution in [3.63, 3.8) is 0 Å². The van der Waals surface area contributed by atoms with Gasteiger partial charge in [-0.3, -0.25) is 0 Å². The second-order valence-corrected chi connectivity index (χ2v) is 7.07. The summed E-state index contributed by atoms with van der Waals surface area (Å²) in [5, 5.41) is 5.76. The van der Waals surface area contributed by atoms with Crippen molar-refractivity contribution >= 4 is 11.7 Å². The number of rotatable bonds is 5. The molecule has 0 unspecified atom stereocenters. The van der Waals surface area contributed by atoms with Gasteiger partial charge in [-0.2, -0.15) is 0 Å². The van der Waals surface area contributed by atoms with Crippen molar-refractivity contribution in [3.05, 3.63) is 65.5 Å². The van der Waals surface area contributed by atoms with Gasteiger partial charge in [-0.1, -0.05) is 12.1 Å². The lowest BCUT2D eigenvalue weighted by Crippen LogP contribution is -2.28. The molecule has 0 spiro atoms. The molecule has 4 rings (SSSR count). The van der Waals surface area contributed by atoms with Gasteiger partial charge in [0.2, 0.25) is 0 Å². The van der Waals surface area contributed by atoms with Crippen LogP contribution in [0.2, 0.25) is 0 Å². The number of aromatic nitrogens is 1. The third-order valence-electron chi connectivity index (χ3n) is 5.10. The lowest BCUT2D eigenvalue weighted by atomic mass is 10.2. The number of nitrogens with one attached hydrogen (secondary N) is 2. The standard InChI is InChI=1S/C23H25N3O4/c1-15-12-17(16(2)26(15)19-6-4-5-7-20(19)28-3)14-24-23(27)25-18-8-9-21-22(13-18)30-11-10-29-21/h4-9,12-13H,10-11,14H2,1-3H3,(H2,24,25,27). The molecule has 1 aliphatic rings. The first-order valence-electron chi connectivity index (χ1n) is 9.82. The number of ether oxygens (including phenoxy) is 3. The quantitative estimate of drug-likeness (QED) is 0.665. The molecule has 30 heavy (non-hydrogen) atoms. The molecular weight excluding hydrogens is 382 g/mol. The second-order valence-electron chi connectivity index (χ2n) is 7.07. The Morgan fingerprint density at radius 3 is 2.63 bits per heavy atom. The molecule has 156 valence electrons. The van der Waals surface area contributed by atoms with Crippen molar-refractivity contribution in [2.45, 2.75) is 20.4 Å². The van der Waals surface area contributed by atoms with E-state index in [9.17, 15) is 4.79 Å². The molecule has 1 aromatic heterocycles. The normalized spacial score (nSPS) is 12.4. The molecule has 0 atom stereocenters. The lowest BCUT2D eigenvalue weighted by Gasteiger charge is -2.19. The predicted octanol–water partition coefficient (Wildman–Crippen LogP) is 4.20. The maximum absolute atomic E-state index is 12.4. The van der Waals surface area contributed by atoms with E-state index in [1.165, 1.54) is 0 Å². The minimum atomic E-state index is -0.284. The number of hydrogen-bond donors (Lipinski definition) is 2. The molecule has 2 amide bonds. The van der Waals surface area contributed by atoms with Gasteiger partial charge in [0.25, 0.3) is 0 Å². The van der Waals surface area contributed by atoms with Gasteiger partial charge in [-0.25, -0.2) is 4.79 Å². The van der Waals surface area contributed by atoms with Crippen molar-refractivity contribution in [2.24, 2.45) is 0 Å². The molecule has 0 aliphatic carbocycles. The number of anilines is 1. The Kier molecular flexibility index (Phi) is 5.52. The number of fused-ring (bicyclic) bond motifs is 1. The maximum Gasteiger partial charge on any atom is 0.319 e. The molecule has 0 bridgehead atoms. The van der Waals surface area contributed by atoms with Crippen molar-refractivity contribution in [1.82, 2.24) is 9.88 Å². The summed E-state index contributed by atoms with van der Waals surface area (Å²) in [5.74, 6) is 2.13. The zero-order chi connectivity index (χ0) is 21.1. The highest BCUT2D eigenvalue weighted by Crippen LogP contribution is 2.32. The largest absolute Gasteiger partial charge is 0.495 e. The summed E-state index contributed by atoms with van der Waals surface area (Å²) in [7, 11) is 1.66. The van der Waals surface area contributed by atoms with Gasteiger partial charge in [0.05, 0.1) is 12.8 Å². The van der Waals surface area contributed by atoms with Crippen molar-refractivity contribution < 1.29 is 19.0 Å². The minimum absolute atomic E-state index is 0.284. The Hall–Kier alpha value is -3.61. The fraction of sp³-hybridized carbons (Fsp3) is 0.261. The number of amides is 2. The summed E-state index contributed by atoms with van der Waals surface area (Å²) in [6, 6.07) is 15.0. The van der Waals surface area contributed by atoms with E-state index in [1.54, 1.807) is 25.3 Å². The van der Waals surface area contributed by atoms with E-state index in [1.807, 2.05) is 38.1 Å². The van der Waals surface area contributed by atoms with E-state index in [0.29, 0.717) is 36.9 Å². The SMILES string of the molecule is COc1ccccc1-n1c(C)cc(CNC(=O)Nc2ccc3c(c2)OCCO3)c1C. The number of aryl methyl sites for hydroxylation is 1. The van der Waals surface area contributed by atoms with Crippen LogP contribution in [0.3, 0.4) is 0 Å². The molecule has 7 nitrogen and oxygen atoms in total. The van der Waals surface area contributed by atoms with E-state index in [0.717, 1.165) is 28.4 Å². The van der Waals surface area contributed by atoms with E-state index in [-0.39, 0.29) is 6.03 Å². The van der Waals surface area contributed by atoms with Crippen LogP contribution in [0.1, 0.15) is 17.0 Å². The Balaban J connectivity index is 1.45. The lowest BCUT2D eigenvalue weighted by molar-refractivity contribution is 0.171. The summed E-state index contributed by atoms with van der Waals surface area (Å²) >= 11 is 0. The average Bonchev–Trinajstić information content (AvgIpc) is 3.05. The number of nitrogens with zero attached hydrogens (tertiary/aromatic N) is 1. The third kappa shape index (κ3) is 3.91. The summed E-state index contributed by atoms with van der Waals surface area (Å²) in [6.45, 7) is 5.52. The molecule has 3 aromatic rings. The van der Waals surface area contributed by atoms with Crippen LogP contribution in [0.25, 0.3) is 5.69 Å². The molecule has 0 saturated heterocycles. The molecule has 1 aliphatic heterocycles. The molecule has 0 radical (unpaired) electrons. The minimum Gasteiger partial charge on any atom is -0.495 e. The zero-order valence-electron chi connectivity index (χ0n) is 17.3. The fourth-order valence-corrected chi connectivity index (χ4v) is 3.67. The average molecular weight is 407 g/mol. The van der Waals surface area contributed by atoms with Crippen LogP contribution < -0.4 is 24.8 Å². The van der Waals surface area contributed by atoms with Crippen molar-refractivity contribution in [3.8, 4) is 22.9 Å². The molecule has 7 heteroatoms. The van der Waals surface area contributed by atoms with Gasteiger partial charge in [0, 0.05) is 29.7 Å². The third-order valence-corrected chi connectivity index (χ3v) is 5.10. The molecule has 2 heterocycles. The van der Waals surface area contributed by atoms with E-state index in [4.69, 9.17) is 14.2 Å². The van der Waals surface area contributed by atoms with Crippen LogP contribution in [-0.2, 0) is 6.54 Å². The molecule has 0 saturated carbocycles. The Bertz CT molecular complexity index is 1070. The zero-order valence-corrected chi connectivity index (χ0v) is 17.3. The highest BCUT2D eigenvalue weighted by Gasteiger charge is 2.15. The number of para-hydroxylation sites is 2. The number of hydrogen-bond acceptors (Lipinski definition) is 4. The van der Waals surface area contributed by atoms with Gasteiger partial charge < -0.3 is 29.4 Å². The first-order valence-corrected chi connectivity index (χ1v) is 9.82. The molecule has 2 aromatic carbocycles. The fourth-order valence-electron chi connectivity index (χ4n) is 3.67. The van der Waals surface area contributed by atoms with Crippen LogP contribution in [-0.4, -0.2) is 30.9 Å². The van der Waals surface area contributed by atoms with Crippen LogP contribution in [0.5, 0.6) is 17.2 Å². The predicted molar refractivity (Wildman–Crippen MR) is 115 cm³/mol. The Morgan fingerprint density at radius 2 is 1.83 bits per heavy atom. The van der Waals surface area contributed by atoms with E-state index < -0.39 is 0 Å². The van der Waals surface area contributed by atoms with E-state index in [2.05, 4.69) is 21.3 Å². The maximum atomic E-state index is 12.4. The van der Waals surface area contributed by atoms with Gasteiger partial charge in [0.15, 0.2) is 11.5 Å². The summed E-state index contributed by atoms with van der Waals surface area (Å²) in [5.41, 5.74) is 4.78. The molecule has 0 fully saturated rings. The molecular formula is C23H25N3O4. The highest BCUT2D eigenvalue weighted by atomic mass is 16.6. The van der Waals surface area contributed by atoms with Gasteiger partial charge in [-0.15, -0.1) is 0 Å². The van der Waals surface area contributed by atoms with Crippen LogP contribution >= 0.6 is 0 Å². The number of benzene rings is 2. The number of carbonyl (C=O) groups is 1. The van der Waals surface area contributed by atoms with Gasteiger partial charge in [0.1, 0.15) is 19.0 Å². The Labute approximate surface area is 175 Å². The van der Waals surface area contributed by atoms with Crippen LogP contribution in [0, 0.1) is 13.8 Å². The topological polar surface area (TPSA) is 73.8 Å². The highest BCUT2D eigenvalue weighted by molar-refractivity contribution is 5.89. The number of carbonyl (C=O) groups excluding carboxylic acids is 1. The first-order chi connectivity index (χ1) is 14.6. The monoisotopic (exact) mass is 407 g/mol. The summed E-state index contributed by atoms with van der Waals surface area (Å²) in [6.07, 6.45) is 0. The van der Waals surface area contributed by atoms with Gasteiger partial charge in [-0.05, 0) is 49.7 Å². The summed E-state index contributed by atoms with van der Waals surface area (Å²) in [4.78, 5) is 12.4. The summed E-state index contributed by atoms with van der Waals surface area (Å²) < 4.78 is 18.7. The number of urea groups is 1. The van der Waals surface area contributed by atoms with E-state index >= 15 is 0 Å². The Morgan fingerprint density at radius 1 is 1.07 bits per heavy atom. The smallest absolute Gasteiger partial charge is 0.319 e. The van der Waals surface area contributed by atoms with Crippen LogP contribution in [0.4, 0.5) is 10.5 Å². The van der Waals surface area contributed by atoms with Crippen LogP contribution in [0.15, 0.2) is 48.5 Å². The van der Waals surface area contributed by atoms with Crippen molar-refractivity contribution in [1.29, 1.82) is 0 Å². The van der Waals surface area contributed by atoms with Gasteiger partial charge >= 0.3 is 6.03 Å². The second kappa shape index (κ2) is 8.41.